The molecule has 1 rings (SSSR count). The highest BCUT2D eigenvalue weighted by atomic mass is 16.5. The molecule has 0 fully saturated rings. The molecule has 0 aliphatic heterocycles. The Morgan fingerprint density at radius 2 is 2.15 bits per heavy atom. The number of hydrogen-bond donors (Lipinski definition) is 1. The number of nitrogens with one attached hydrogen (secondary N) is 1. The maximum absolute atomic E-state index is 11.5. The summed E-state index contributed by atoms with van der Waals surface area (Å²) in [4.78, 5) is 11.5. The van der Waals surface area contributed by atoms with E-state index >= 15 is 0 Å². The fraction of sp³-hybridized carbons (Fsp3) is 0.300. The lowest BCUT2D eigenvalue weighted by atomic mass is 10.1. The van der Waals surface area contributed by atoms with Gasteiger partial charge in [0.1, 0.15) is 5.75 Å². The number of para-hydroxylation sites is 1. The lowest BCUT2D eigenvalue weighted by Crippen LogP contribution is -2.19. The van der Waals surface area contributed by atoms with E-state index in [0.29, 0.717) is 17.9 Å². The third kappa shape index (κ3) is 2.29. The minimum Gasteiger partial charge on any atom is -0.496 e. The summed E-state index contributed by atoms with van der Waals surface area (Å²) in [6.45, 7) is 0.334. The minimum atomic E-state index is 0.0416. The number of methoxy groups -OCH3 is 1. The molecule has 0 spiro atoms. The van der Waals surface area contributed by atoms with Crippen LogP contribution in [-0.2, 0) is 0 Å². The van der Waals surface area contributed by atoms with Crippen molar-refractivity contribution in [3.8, 4) is 5.75 Å². The highest BCUT2D eigenvalue weighted by molar-refractivity contribution is 6.00. The number of carbonyl (C=O) groups excluding carboxylic acids is 1. The first-order valence-corrected chi connectivity index (χ1v) is 4.10. The molecule has 0 aliphatic carbocycles. The molecule has 0 bridgehead atoms. The van der Waals surface area contributed by atoms with Crippen LogP contribution >= 0.6 is 0 Å². The maximum atomic E-state index is 11.5. The molecule has 1 aromatic carbocycles. The topological polar surface area (TPSA) is 38.3 Å². The number of Topliss-reactive ketones (excluding diaryl/α,β-unsaturated/α-hetero) is 1. The van der Waals surface area contributed by atoms with Gasteiger partial charge in [0.15, 0.2) is 5.78 Å². The van der Waals surface area contributed by atoms with Crippen molar-refractivity contribution in [1.29, 1.82) is 0 Å². The van der Waals surface area contributed by atoms with E-state index in [1.165, 1.54) is 0 Å². The number of rotatable bonds is 4. The van der Waals surface area contributed by atoms with Gasteiger partial charge in [-0.2, -0.15) is 0 Å². The van der Waals surface area contributed by atoms with Gasteiger partial charge < -0.3 is 10.1 Å². The molecule has 1 aromatic rings. The SMILES string of the molecule is CNCC(=O)c1ccccc1OC. The van der Waals surface area contributed by atoms with Gasteiger partial charge in [-0.3, -0.25) is 4.79 Å². The average Bonchev–Trinajstić information content (AvgIpc) is 2.18. The molecule has 0 heterocycles. The first-order chi connectivity index (χ1) is 6.29. The van der Waals surface area contributed by atoms with Crippen LogP contribution in [-0.4, -0.2) is 26.5 Å². The van der Waals surface area contributed by atoms with Crippen LogP contribution in [0.15, 0.2) is 24.3 Å². The highest BCUT2D eigenvalue weighted by Crippen LogP contribution is 2.17. The van der Waals surface area contributed by atoms with Crippen molar-refractivity contribution >= 4 is 5.78 Å². The Kier molecular flexibility index (Phi) is 3.46. The van der Waals surface area contributed by atoms with Gasteiger partial charge in [-0.05, 0) is 19.2 Å². The number of carbonyl (C=O) groups is 1. The zero-order valence-corrected chi connectivity index (χ0v) is 7.83. The standard InChI is InChI=1S/C10H13NO2/c1-11-7-9(12)8-5-3-4-6-10(8)13-2/h3-6,11H,7H2,1-2H3. The van der Waals surface area contributed by atoms with Crippen molar-refractivity contribution in [2.45, 2.75) is 0 Å². The molecule has 0 aromatic heterocycles. The summed E-state index contributed by atoms with van der Waals surface area (Å²) in [6, 6.07) is 7.21. The Bertz CT molecular complexity index is 297. The summed E-state index contributed by atoms with van der Waals surface area (Å²) in [5, 5.41) is 2.81. The van der Waals surface area contributed by atoms with E-state index < -0.39 is 0 Å². The molecule has 0 atom stereocenters. The lowest BCUT2D eigenvalue weighted by molar-refractivity contribution is 0.0990. The normalized spacial score (nSPS) is 9.69. The van der Waals surface area contributed by atoms with E-state index in [9.17, 15) is 4.79 Å². The number of likely N-dealkylation sites (N-methyl/N-ethyl adjacent to an activating group) is 1. The summed E-state index contributed by atoms with van der Waals surface area (Å²) in [7, 11) is 3.30. The molecule has 0 unspecified atom stereocenters. The van der Waals surface area contributed by atoms with Crippen LogP contribution in [0.5, 0.6) is 5.75 Å². The zero-order valence-electron chi connectivity index (χ0n) is 7.83. The first-order valence-electron chi connectivity index (χ1n) is 4.10. The van der Waals surface area contributed by atoms with Gasteiger partial charge in [0.2, 0.25) is 0 Å². The van der Waals surface area contributed by atoms with Crippen LogP contribution in [0.25, 0.3) is 0 Å². The smallest absolute Gasteiger partial charge is 0.180 e. The fourth-order valence-corrected chi connectivity index (χ4v) is 1.13. The summed E-state index contributed by atoms with van der Waals surface area (Å²) >= 11 is 0. The molecule has 0 saturated carbocycles. The Morgan fingerprint density at radius 3 is 2.77 bits per heavy atom. The lowest BCUT2D eigenvalue weighted by Gasteiger charge is -2.05. The van der Waals surface area contributed by atoms with E-state index in [-0.39, 0.29) is 5.78 Å². The molecule has 0 saturated heterocycles. The van der Waals surface area contributed by atoms with Crippen molar-refractivity contribution in [3.05, 3.63) is 29.8 Å². The van der Waals surface area contributed by atoms with Crippen LogP contribution in [0, 0.1) is 0 Å². The van der Waals surface area contributed by atoms with Gasteiger partial charge in [-0.15, -0.1) is 0 Å². The van der Waals surface area contributed by atoms with Crippen molar-refractivity contribution < 1.29 is 9.53 Å². The van der Waals surface area contributed by atoms with Gasteiger partial charge in [0.05, 0.1) is 19.2 Å². The van der Waals surface area contributed by atoms with Crippen molar-refractivity contribution in [1.82, 2.24) is 5.32 Å². The Labute approximate surface area is 77.7 Å². The monoisotopic (exact) mass is 179 g/mol. The van der Waals surface area contributed by atoms with Crippen LogP contribution in [0.3, 0.4) is 0 Å². The molecule has 13 heavy (non-hydrogen) atoms. The van der Waals surface area contributed by atoms with Crippen LogP contribution in [0.4, 0.5) is 0 Å². The van der Waals surface area contributed by atoms with E-state index in [0.717, 1.165) is 0 Å². The summed E-state index contributed by atoms with van der Waals surface area (Å²) in [6.07, 6.45) is 0. The molecule has 0 amide bonds. The number of benzene rings is 1. The van der Waals surface area contributed by atoms with Gasteiger partial charge in [-0.1, -0.05) is 12.1 Å². The Balaban J connectivity index is 2.92. The van der Waals surface area contributed by atoms with Gasteiger partial charge in [0.25, 0.3) is 0 Å². The predicted molar refractivity (Wildman–Crippen MR) is 51.3 cm³/mol. The highest BCUT2D eigenvalue weighted by Gasteiger charge is 2.09. The molecule has 70 valence electrons. The summed E-state index contributed by atoms with van der Waals surface area (Å²) in [5.74, 6) is 0.669. The number of hydrogen-bond acceptors (Lipinski definition) is 3. The third-order valence-electron chi connectivity index (χ3n) is 1.74. The van der Waals surface area contributed by atoms with E-state index in [1.807, 2.05) is 12.1 Å². The average molecular weight is 179 g/mol. The van der Waals surface area contributed by atoms with Crippen LogP contribution < -0.4 is 10.1 Å². The van der Waals surface area contributed by atoms with Crippen LogP contribution in [0.1, 0.15) is 10.4 Å². The first kappa shape index (κ1) is 9.74. The molecular formula is C10H13NO2. The maximum Gasteiger partial charge on any atom is 0.180 e. The molecular weight excluding hydrogens is 166 g/mol. The Morgan fingerprint density at radius 1 is 1.46 bits per heavy atom. The Hall–Kier alpha value is -1.35. The van der Waals surface area contributed by atoms with Crippen molar-refractivity contribution in [2.75, 3.05) is 20.7 Å². The third-order valence-corrected chi connectivity index (χ3v) is 1.74. The number of ether oxygens (including phenoxy) is 1. The fourth-order valence-electron chi connectivity index (χ4n) is 1.13. The summed E-state index contributed by atoms with van der Waals surface area (Å²) < 4.78 is 5.06. The largest absolute Gasteiger partial charge is 0.496 e. The minimum absolute atomic E-state index is 0.0416. The molecule has 1 N–H and O–H groups in total. The molecule has 0 radical (unpaired) electrons. The van der Waals surface area contributed by atoms with E-state index in [1.54, 1.807) is 26.3 Å². The summed E-state index contributed by atoms with van der Waals surface area (Å²) in [5.41, 5.74) is 0.624. The number of ketones is 1. The zero-order chi connectivity index (χ0) is 9.68. The molecule has 3 nitrogen and oxygen atoms in total. The van der Waals surface area contributed by atoms with Crippen molar-refractivity contribution in [2.24, 2.45) is 0 Å². The van der Waals surface area contributed by atoms with E-state index in [4.69, 9.17) is 4.74 Å². The second-order valence-corrected chi connectivity index (χ2v) is 2.65. The molecule has 0 aliphatic rings. The van der Waals surface area contributed by atoms with Crippen LogP contribution in [0.2, 0.25) is 0 Å². The molecule has 3 heteroatoms. The van der Waals surface area contributed by atoms with Gasteiger partial charge >= 0.3 is 0 Å². The van der Waals surface area contributed by atoms with Gasteiger partial charge in [-0.25, -0.2) is 0 Å². The van der Waals surface area contributed by atoms with Crippen molar-refractivity contribution in [3.63, 3.8) is 0 Å². The predicted octanol–water partition coefficient (Wildman–Crippen LogP) is 1.10. The quantitative estimate of drug-likeness (QED) is 0.703. The van der Waals surface area contributed by atoms with Gasteiger partial charge in [0, 0.05) is 0 Å². The van der Waals surface area contributed by atoms with E-state index in [2.05, 4.69) is 5.32 Å². The second-order valence-electron chi connectivity index (χ2n) is 2.65. The second kappa shape index (κ2) is 4.62.